The highest BCUT2D eigenvalue weighted by Crippen LogP contribution is 2.55. The molecule has 1 N–H and O–H groups in total. The van der Waals surface area contributed by atoms with Crippen LogP contribution in [0.4, 0.5) is 4.39 Å². The minimum absolute atomic E-state index is 0.0821. The molecule has 1 aliphatic carbocycles. The van der Waals surface area contributed by atoms with Gasteiger partial charge in [0.25, 0.3) is 0 Å². The predicted octanol–water partition coefficient (Wildman–Crippen LogP) is 2.72. The first kappa shape index (κ1) is 9.65. The second kappa shape index (κ2) is 3.05. The zero-order valence-electron chi connectivity index (χ0n) is 7.21. The number of aliphatic carboxylic acids is 1. The second-order valence-electron chi connectivity index (χ2n) is 3.47. The highest BCUT2D eigenvalue weighted by Gasteiger charge is 2.61. The molecular weight excluding hydrogens is 251 g/mol. The van der Waals surface area contributed by atoms with Crippen molar-refractivity contribution >= 4 is 21.9 Å². The Morgan fingerprint density at radius 2 is 2.36 bits per heavy atom. The maximum Gasteiger partial charge on any atom is 0.310 e. The number of carbonyl (C=O) groups is 1. The van der Waals surface area contributed by atoms with Gasteiger partial charge in [-0.1, -0.05) is 28.1 Å². The molecule has 1 aromatic rings. The van der Waals surface area contributed by atoms with Crippen molar-refractivity contribution in [1.82, 2.24) is 0 Å². The molecule has 2 unspecified atom stereocenters. The average Bonchev–Trinajstić information content (AvgIpc) is 2.80. The molecule has 74 valence electrons. The van der Waals surface area contributed by atoms with Gasteiger partial charge in [0.1, 0.15) is 5.67 Å². The molecule has 0 spiro atoms. The number of alkyl halides is 1. The van der Waals surface area contributed by atoms with Gasteiger partial charge >= 0.3 is 5.97 Å². The number of benzene rings is 1. The first-order valence-electron chi connectivity index (χ1n) is 4.22. The first-order chi connectivity index (χ1) is 6.54. The van der Waals surface area contributed by atoms with Gasteiger partial charge in [0.15, 0.2) is 0 Å². The molecule has 2 atom stereocenters. The van der Waals surface area contributed by atoms with E-state index in [2.05, 4.69) is 15.9 Å². The lowest BCUT2D eigenvalue weighted by Crippen LogP contribution is -2.09. The summed E-state index contributed by atoms with van der Waals surface area (Å²) in [7, 11) is 0. The molecule has 0 saturated heterocycles. The van der Waals surface area contributed by atoms with E-state index in [1.165, 1.54) is 0 Å². The Hall–Kier alpha value is -0.900. The Labute approximate surface area is 88.9 Å². The van der Waals surface area contributed by atoms with Crippen molar-refractivity contribution in [2.75, 3.05) is 0 Å². The minimum atomic E-state index is -1.66. The third-order valence-electron chi connectivity index (χ3n) is 2.50. The van der Waals surface area contributed by atoms with Crippen LogP contribution in [0.2, 0.25) is 0 Å². The molecule has 0 aliphatic heterocycles. The van der Waals surface area contributed by atoms with Crippen molar-refractivity contribution in [2.45, 2.75) is 12.1 Å². The summed E-state index contributed by atoms with van der Waals surface area (Å²) in [4.78, 5) is 10.6. The quantitative estimate of drug-likeness (QED) is 0.886. The fourth-order valence-corrected chi connectivity index (χ4v) is 1.99. The molecule has 1 saturated carbocycles. The summed E-state index contributed by atoms with van der Waals surface area (Å²) in [5, 5.41) is 8.67. The van der Waals surface area contributed by atoms with Crippen molar-refractivity contribution < 1.29 is 14.3 Å². The van der Waals surface area contributed by atoms with Crippen LogP contribution in [0.15, 0.2) is 28.7 Å². The van der Waals surface area contributed by atoms with Crippen molar-refractivity contribution in [2.24, 2.45) is 5.92 Å². The number of carboxylic acids is 1. The Kier molecular flexibility index (Phi) is 2.10. The van der Waals surface area contributed by atoms with Crippen LogP contribution in [0.3, 0.4) is 0 Å². The van der Waals surface area contributed by atoms with Gasteiger partial charge in [-0.3, -0.25) is 4.79 Å². The molecule has 14 heavy (non-hydrogen) atoms. The molecule has 1 aliphatic rings. The summed E-state index contributed by atoms with van der Waals surface area (Å²) in [6, 6.07) is 6.74. The van der Waals surface area contributed by atoms with Gasteiger partial charge in [-0.2, -0.15) is 0 Å². The topological polar surface area (TPSA) is 37.3 Å². The number of carboxylic acid groups (broad SMARTS) is 1. The van der Waals surface area contributed by atoms with Gasteiger partial charge in [-0.05, 0) is 17.7 Å². The van der Waals surface area contributed by atoms with E-state index in [0.717, 1.165) is 4.47 Å². The Balaban J connectivity index is 2.30. The van der Waals surface area contributed by atoms with Gasteiger partial charge in [-0.25, -0.2) is 4.39 Å². The zero-order valence-corrected chi connectivity index (χ0v) is 8.79. The molecule has 4 heteroatoms. The highest BCUT2D eigenvalue weighted by atomic mass is 79.9. The summed E-state index contributed by atoms with van der Waals surface area (Å²) < 4.78 is 14.7. The average molecular weight is 259 g/mol. The monoisotopic (exact) mass is 258 g/mol. The largest absolute Gasteiger partial charge is 0.481 e. The van der Waals surface area contributed by atoms with E-state index in [9.17, 15) is 9.18 Å². The molecule has 0 heterocycles. The van der Waals surface area contributed by atoms with Crippen LogP contribution in [0.1, 0.15) is 12.0 Å². The number of rotatable bonds is 2. The molecule has 1 aromatic carbocycles. The standard InChI is InChI=1S/C10H8BrFO2/c11-7-3-1-2-6(4-7)10(12)5-8(10)9(13)14/h1-4,8H,5H2,(H,13,14). The van der Waals surface area contributed by atoms with E-state index in [-0.39, 0.29) is 6.42 Å². The van der Waals surface area contributed by atoms with Crippen LogP contribution in [0.25, 0.3) is 0 Å². The molecule has 0 bridgehead atoms. The van der Waals surface area contributed by atoms with Gasteiger partial charge < -0.3 is 5.11 Å². The van der Waals surface area contributed by atoms with Gasteiger partial charge in [0, 0.05) is 10.9 Å². The fourth-order valence-electron chi connectivity index (χ4n) is 1.59. The zero-order chi connectivity index (χ0) is 10.3. The summed E-state index contributed by atoms with van der Waals surface area (Å²) in [6.45, 7) is 0. The molecule has 2 nitrogen and oxygen atoms in total. The van der Waals surface area contributed by atoms with E-state index in [1.807, 2.05) is 0 Å². The molecule has 0 radical (unpaired) electrons. The van der Waals surface area contributed by atoms with Crippen LogP contribution < -0.4 is 0 Å². The second-order valence-corrected chi connectivity index (χ2v) is 4.38. The SMILES string of the molecule is O=C(O)C1CC1(F)c1cccc(Br)c1. The smallest absolute Gasteiger partial charge is 0.310 e. The number of hydrogen-bond donors (Lipinski definition) is 1. The Bertz CT molecular complexity index is 393. The van der Waals surface area contributed by atoms with E-state index >= 15 is 0 Å². The van der Waals surface area contributed by atoms with Gasteiger partial charge in [0.05, 0.1) is 5.92 Å². The highest BCUT2D eigenvalue weighted by molar-refractivity contribution is 9.10. The summed E-state index contributed by atoms with van der Waals surface area (Å²) in [6.07, 6.45) is 0.0821. The molecule has 1 fully saturated rings. The maximum atomic E-state index is 13.9. The van der Waals surface area contributed by atoms with Crippen LogP contribution in [-0.4, -0.2) is 11.1 Å². The van der Waals surface area contributed by atoms with Crippen molar-refractivity contribution in [3.63, 3.8) is 0 Å². The molecule has 2 rings (SSSR count). The predicted molar refractivity (Wildman–Crippen MR) is 52.7 cm³/mol. The van der Waals surface area contributed by atoms with Crippen molar-refractivity contribution in [1.29, 1.82) is 0 Å². The van der Waals surface area contributed by atoms with Crippen molar-refractivity contribution in [3.05, 3.63) is 34.3 Å². The van der Waals surface area contributed by atoms with Gasteiger partial charge in [-0.15, -0.1) is 0 Å². The molecular formula is C10H8BrFO2. The van der Waals surface area contributed by atoms with Crippen LogP contribution in [-0.2, 0) is 10.5 Å². The van der Waals surface area contributed by atoms with E-state index in [4.69, 9.17) is 5.11 Å². The lowest BCUT2D eigenvalue weighted by Gasteiger charge is -2.06. The minimum Gasteiger partial charge on any atom is -0.481 e. The van der Waals surface area contributed by atoms with E-state index < -0.39 is 17.6 Å². The third-order valence-corrected chi connectivity index (χ3v) is 2.99. The van der Waals surface area contributed by atoms with Gasteiger partial charge in [0.2, 0.25) is 0 Å². The Morgan fingerprint density at radius 3 is 2.86 bits per heavy atom. The summed E-state index contributed by atoms with van der Waals surface area (Å²) in [5.74, 6) is -1.94. The number of halogens is 2. The first-order valence-corrected chi connectivity index (χ1v) is 5.01. The maximum absolute atomic E-state index is 13.9. The lowest BCUT2D eigenvalue weighted by molar-refractivity contribution is -0.139. The summed E-state index contributed by atoms with van der Waals surface area (Å²) in [5.41, 5.74) is -1.21. The fraction of sp³-hybridized carbons (Fsp3) is 0.300. The molecule has 0 aromatic heterocycles. The lowest BCUT2D eigenvalue weighted by atomic mass is 10.1. The summed E-state index contributed by atoms with van der Waals surface area (Å²) >= 11 is 3.23. The number of hydrogen-bond acceptors (Lipinski definition) is 1. The van der Waals surface area contributed by atoms with Crippen LogP contribution in [0, 0.1) is 5.92 Å². The van der Waals surface area contributed by atoms with E-state index in [1.54, 1.807) is 24.3 Å². The third kappa shape index (κ3) is 1.43. The van der Waals surface area contributed by atoms with Crippen molar-refractivity contribution in [3.8, 4) is 0 Å². The Morgan fingerprint density at radius 1 is 1.64 bits per heavy atom. The molecule has 0 amide bonds. The normalized spacial score (nSPS) is 30.0. The van der Waals surface area contributed by atoms with Crippen LogP contribution >= 0.6 is 15.9 Å². The van der Waals surface area contributed by atoms with E-state index in [0.29, 0.717) is 5.56 Å². The van der Waals surface area contributed by atoms with Crippen LogP contribution in [0.5, 0.6) is 0 Å².